The van der Waals surface area contributed by atoms with Crippen LogP contribution in [0.25, 0.3) is 11.3 Å². The Hall–Kier alpha value is -2.63. The Bertz CT molecular complexity index is 1010. The topological polar surface area (TPSA) is 41.4 Å². The van der Waals surface area contributed by atoms with Crippen LogP contribution in [0.3, 0.4) is 0 Å². The molecule has 0 radical (unpaired) electrons. The molecule has 2 heterocycles. The fraction of sp³-hybridized carbons (Fsp3) is 0.360. The average molecular weight is 437 g/mol. The Balaban J connectivity index is 1.16. The van der Waals surface area contributed by atoms with E-state index in [1.165, 1.54) is 5.69 Å². The van der Waals surface area contributed by atoms with Crippen molar-refractivity contribution in [1.82, 2.24) is 14.5 Å². The molecule has 0 spiro atoms. The number of aromatic nitrogens is 2. The van der Waals surface area contributed by atoms with E-state index >= 15 is 0 Å². The van der Waals surface area contributed by atoms with Crippen LogP contribution in [0.1, 0.15) is 19.3 Å². The van der Waals surface area contributed by atoms with Gasteiger partial charge in [0.2, 0.25) is 0 Å². The summed E-state index contributed by atoms with van der Waals surface area (Å²) in [6.07, 6.45) is 4.95. The third-order valence-corrected chi connectivity index (χ3v) is 6.14. The summed E-state index contributed by atoms with van der Waals surface area (Å²) in [5.41, 5.74) is 2.98. The first-order chi connectivity index (χ1) is 15.2. The van der Waals surface area contributed by atoms with Gasteiger partial charge in [0.15, 0.2) is 0 Å². The second-order valence-corrected chi connectivity index (χ2v) is 8.47. The third-order valence-electron chi connectivity index (χ3n) is 5.89. The van der Waals surface area contributed by atoms with Gasteiger partial charge in [-0.25, -0.2) is 4.98 Å². The number of anilines is 1. The van der Waals surface area contributed by atoms with Gasteiger partial charge in [0, 0.05) is 55.1 Å². The number of unbranched alkanes of at least 4 members (excludes halogenated alkanes) is 2. The molecular formula is C25H29ClN4O. The van der Waals surface area contributed by atoms with Gasteiger partial charge in [-0.2, -0.15) is 0 Å². The van der Waals surface area contributed by atoms with Crippen molar-refractivity contribution in [1.29, 1.82) is 0 Å². The molecule has 1 aliphatic rings. The molecule has 0 unspecified atom stereocenters. The zero-order valence-corrected chi connectivity index (χ0v) is 18.5. The molecule has 2 aromatic carbocycles. The van der Waals surface area contributed by atoms with E-state index in [2.05, 4.69) is 26.9 Å². The van der Waals surface area contributed by atoms with E-state index in [0.717, 1.165) is 74.8 Å². The van der Waals surface area contributed by atoms with Crippen molar-refractivity contribution in [3.63, 3.8) is 0 Å². The van der Waals surface area contributed by atoms with Crippen LogP contribution in [-0.4, -0.2) is 47.2 Å². The van der Waals surface area contributed by atoms with Crippen LogP contribution in [0.2, 0.25) is 5.02 Å². The summed E-state index contributed by atoms with van der Waals surface area (Å²) in [7, 11) is 0. The number of rotatable bonds is 8. The Morgan fingerprint density at radius 3 is 2.26 bits per heavy atom. The van der Waals surface area contributed by atoms with Crippen molar-refractivity contribution < 1.29 is 0 Å². The molecule has 0 saturated carbocycles. The van der Waals surface area contributed by atoms with Gasteiger partial charge in [0.25, 0.3) is 5.56 Å². The first-order valence-electron chi connectivity index (χ1n) is 11.0. The number of aryl methyl sites for hydroxylation is 1. The van der Waals surface area contributed by atoms with Gasteiger partial charge in [-0.1, -0.05) is 48.4 Å². The van der Waals surface area contributed by atoms with Crippen LogP contribution in [0, 0.1) is 0 Å². The molecule has 1 fully saturated rings. The molecule has 0 amide bonds. The summed E-state index contributed by atoms with van der Waals surface area (Å²) in [5.74, 6) is 0. The highest BCUT2D eigenvalue weighted by Gasteiger charge is 2.16. The fourth-order valence-electron chi connectivity index (χ4n) is 4.04. The van der Waals surface area contributed by atoms with Crippen molar-refractivity contribution in [3.05, 3.63) is 82.4 Å². The summed E-state index contributed by atoms with van der Waals surface area (Å²) >= 11 is 5.99. The largest absolute Gasteiger partial charge is 0.369 e. The fourth-order valence-corrected chi connectivity index (χ4v) is 4.16. The number of piperazine rings is 1. The minimum absolute atomic E-state index is 0.0205. The van der Waals surface area contributed by atoms with E-state index in [4.69, 9.17) is 11.6 Å². The molecule has 0 aliphatic carbocycles. The maximum Gasteiger partial charge on any atom is 0.253 e. The molecule has 0 N–H and O–H groups in total. The molecular weight excluding hydrogens is 408 g/mol. The summed E-state index contributed by atoms with van der Waals surface area (Å²) in [5, 5.41) is 0.785. The van der Waals surface area contributed by atoms with Crippen LogP contribution in [0.15, 0.2) is 71.8 Å². The summed E-state index contributed by atoms with van der Waals surface area (Å²) < 4.78 is 1.72. The molecule has 31 heavy (non-hydrogen) atoms. The van der Waals surface area contributed by atoms with Gasteiger partial charge in [0.05, 0.1) is 12.0 Å². The zero-order valence-electron chi connectivity index (χ0n) is 17.8. The molecule has 1 saturated heterocycles. The minimum atomic E-state index is 0.0205. The van der Waals surface area contributed by atoms with Gasteiger partial charge in [-0.15, -0.1) is 0 Å². The normalized spacial score (nSPS) is 14.7. The zero-order chi connectivity index (χ0) is 21.5. The lowest BCUT2D eigenvalue weighted by Gasteiger charge is -2.36. The van der Waals surface area contributed by atoms with Crippen molar-refractivity contribution in [2.75, 3.05) is 37.6 Å². The lowest BCUT2D eigenvalue weighted by atomic mass is 10.1. The molecule has 3 aromatic rings. The summed E-state index contributed by atoms with van der Waals surface area (Å²) in [6.45, 7) is 6.13. The minimum Gasteiger partial charge on any atom is -0.369 e. The number of halogens is 1. The lowest BCUT2D eigenvalue weighted by Crippen LogP contribution is -2.46. The monoisotopic (exact) mass is 436 g/mol. The smallest absolute Gasteiger partial charge is 0.253 e. The van der Waals surface area contributed by atoms with Crippen LogP contribution < -0.4 is 10.5 Å². The molecule has 1 aromatic heterocycles. The van der Waals surface area contributed by atoms with E-state index < -0.39 is 0 Å². The predicted octanol–water partition coefficient (Wildman–Crippen LogP) is 4.56. The molecule has 162 valence electrons. The Morgan fingerprint density at radius 2 is 1.55 bits per heavy atom. The SMILES string of the molecule is O=c1cc(-c2ccccc2)ncn1CCCCCN1CCN(c2ccc(Cl)cc2)CC1. The molecule has 0 atom stereocenters. The van der Waals surface area contributed by atoms with Crippen molar-refractivity contribution in [2.24, 2.45) is 0 Å². The second kappa shape index (κ2) is 10.6. The number of hydrogen-bond donors (Lipinski definition) is 0. The number of nitrogens with zero attached hydrogens (tertiary/aromatic N) is 4. The van der Waals surface area contributed by atoms with E-state index in [0.29, 0.717) is 0 Å². The highest BCUT2D eigenvalue weighted by atomic mass is 35.5. The first-order valence-corrected chi connectivity index (χ1v) is 11.4. The number of benzene rings is 2. The third kappa shape index (κ3) is 5.96. The molecule has 6 heteroatoms. The Labute approximate surface area is 188 Å². The van der Waals surface area contributed by atoms with Crippen LogP contribution >= 0.6 is 11.6 Å². The average Bonchev–Trinajstić information content (AvgIpc) is 2.81. The van der Waals surface area contributed by atoms with Crippen molar-refractivity contribution in [2.45, 2.75) is 25.8 Å². The van der Waals surface area contributed by atoms with Gasteiger partial charge < -0.3 is 4.90 Å². The maximum absolute atomic E-state index is 12.4. The van der Waals surface area contributed by atoms with Gasteiger partial charge in [-0.05, 0) is 43.7 Å². The van der Waals surface area contributed by atoms with E-state index in [-0.39, 0.29) is 5.56 Å². The Kier molecular flexibility index (Phi) is 7.39. The van der Waals surface area contributed by atoms with Crippen LogP contribution in [0.4, 0.5) is 5.69 Å². The standard InChI is InChI=1S/C25H29ClN4O/c26-22-9-11-23(12-10-22)29-17-15-28(16-18-29)13-5-2-6-14-30-20-27-24(19-25(30)31)21-7-3-1-4-8-21/h1,3-4,7-12,19-20H,2,5-6,13-18H2. The first kappa shape index (κ1) is 21.6. The van der Waals surface area contributed by atoms with Gasteiger partial charge >= 0.3 is 0 Å². The molecule has 4 rings (SSSR count). The summed E-state index contributed by atoms with van der Waals surface area (Å²) in [4.78, 5) is 21.8. The molecule has 0 bridgehead atoms. The van der Waals surface area contributed by atoms with E-state index in [1.54, 1.807) is 17.0 Å². The number of hydrogen-bond acceptors (Lipinski definition) is 4. The highest BCUT2D eigenvalue weighted by Crippen LogP contribution is 2.19. The predicted molar refractivity (Wildman–Crippen MR) is 128 cm³/mol. The lowest BCUT2D eigenvalue weighted by molar-refractivity contribution is 0.251. The maximum atomic E-state index is 12.4. The quantitative estimate of drug-likeness (QED) is 0.485. The van der Waals surface area contributed by atoms with Crippen LogP contribution in [-0.2, 0) is 6.54 Å². The highest BCUT2D eigenvalue weighted by molar-refractivity contribution is 6.30. The van der Waals surface area contributed by atoms with Crippen molar-refractivity contribution in [3.8, 4) is 11.3 Å². The summed E-state index contributed by atoms with van der Waals surface area (Å²) in [6, 6.07) is 19.6. The molecule has 1 aliphatic heterocycles. The van der Waals surface area contributed by atoms with E-state index in [1.807, 2.05) is 42.5 Å². The van der Waals surface area contributed by atoms with Crippen LogP contribution in [0.5, 0.6) is 0 Å². The second-order valence-electron chi connectivity index (χ2n) is 8.04. The van der Waals surface area contributed by atoms with Gasteiger partial charge in [0.1, 0.15) is 0 Å². The van der Waals surface area contributed by atoms with Gasteiger partial charge in [-0.3, -0.25) is 14.3 Å². The van der Waals surface area contributed by atoms with E-state index in [9.17, 15) is 4.79 Å². The Morgan fingerprint density at radius 1 is 0.839 bits per heavy atom. The van der Waals surface area contributed by atoms with Crippen molar-refractivity contribution >= 4 is 17.3 Å². The molecule has 5 nitrogen and oxygen atoms in total.